The van der Waals surface area contributed by atoms with E-state index >= 15 is 0 Å². The predicted octanol–water partition coefficient (Wildman–Crippen LogP) is 0.706. The second kappa shape index (κ2) is 3.54. The molecular formula is C3H4F4O4S. The largest absolute Gasteiger partial charge is 0.418 e. The lowest BCUT2D eigenvalue weighted by Crippen LogP contribution is -2.35. The summed E-state index contributed by atoms with van der Waals surface area (Å²) < 4.78 is 76.2. The highest BCUT2D eigenvalue weighted by Gasteiger charge is 2.43. The van der Waals surface area contributed by atoms with Crippen molar-refractivity contribution in [1.82, 2.24) is 0 Å². The van der Waals surface area contributed by atoms with Crippen molar-refractivity contribution in [3.8, 4) is 0 Å². The zero-order valence-corrected chi connectivity index (χ0v) is 6.19. The molecule has 0 aliphatic carbocycles. The summed E-state index contributed by atoms with van der Waals surface area (Å²) in [5.74, 6) is 0. The average Bonchev–Trinajstić information content (AvgIpc) is 1.78. The van der Waals surface area contributed by atoms with Crippen molar-refractivity contribution in [2.75, 3.05) is 6.67 Å². The summed E-state index contributed by atoms with van der Waals surface area (Å²) in [6.45, 7) is -2.08. The molecule has 0 radical (unpaired) electrons. The van der Waals surface area contributed by atoms with Crippen molar-refractivity contribution in [3.05, 3.63) is 0 Å². The molecule has 0 aliphatic heterocycles. The van der Waals surface area contributed by atoms with Crippen LogP contribution in [0.15, 0.2) is 0 Å². The van der Waals surface area contributed by atoms with Crippen molar-refractivity contribution < 1.29 is 34.7 Å². The molecule has 1 N–H and O–H groups in total. The van der Waals surface area contributed by atoms with Gasteiger partial charge in [0.15, 0.2) is 0 Å². The summed E-state index contributed by atoms with van der Waals surface area (Å²) in [7, 11) is -5.28. The van der Waals surface area contributed by atoms with Crippen LogP contribution in [0.25, 0.3) is 0 Å². The molecule has 9 heteroatoms. The molecule has 0 bridgehead atoms. The Bertz CT molecular complexity index is 231. The van der Waals surface area contributed by atoms with E-state index in [-0.39, 0.29) is 0 Å². The molecule has 0 aromatic carbocycles. The second-order valence-electron chi connectivity index (χ2n) is 1.71. The Balaban J connectivity index is 4.41. The van der Waals surface area contributed by atoms with Gasteiger partial charge in [0.2, 0.25) is 6.10 Å². The van der Waals surface area contributed by atoms with Crippen LogP contribution in [0.3, 0.4) is 0 Å². The fourth-order valence-corrected chi connectivity index (χ4v) is 0.769. The van der Waals surface area contributed by atoms with Crippen LogP contribution in [0.2, 0.25) is 0 Å². The van der Waals surface area contributed by atoms with E-state index in [1.54, 1.807) is 0 Å². The summed E-state index contributed by atoms with van der Waals surface area (Å²) >= 11 is 0. The van der Waals surface area contributed by atoms with E-state index in [2.05, 4.69) is 4.18 Å². The molecule has 0 saturated heterocycles. The van der Waals surface area contributed by atoms with Crippen molar-refractivity contribution in [2.24, 2.45) is 0 Å². The summed E-state index contributed by atoms with van der Waals surface area (Å²) in [6, 6.07) is 0. The first-order chi connectivity index (χ1) is 5.17. The van der Waals surface area contributed by atoms with E-state index < -0.39 is 29.4 Å². The van der Waals surface area contributed by atoms with Crippen LogP contribution >= 0.6 is 0 Å². The highest BCUT2D eigenvalue weighted by atomic mass is 32.3. The summed E-state index contributed by atoms with van der Waals surface area (Å²) in [4.78, 5) is 0. The Morgan fingerprint density at radius 3 is 1.92 bits per heavy atom. The van der Waals surface area contributed by atoms with E-state index in [4.69, 9.17) is 4.55 Å². The van der Waals surface area contributed by atoms with Gasteiger partial charge in [0.25, 0.3) is 0 Å². The van der Waals surface area contributed by atoms with E-state index in [1.165, 1.54) is 0 Å². The molecule has 0 rings (SSSR count). The number of halogens is 4. The van der Waals surface area contributed by atoms with Crippen LogP contribution in [0.4, 0.5) is 17.6 Å². The highest BCUT2D eigenvalue weighted by molar-refractivity contribution is 7.80. The molecular weight excluding hydrogens is 208 g/mol. The Morgan fingerprint density at radius 2 is 1.83 bits per heavy atom. The normalized spacial score (nSPS) is 16.1. The molecule has 0 amide bonds. The van der Waals surface area contributed by atoms with Gasteiger partial charge in [0, 0.05) is 0 Å². The van der Waals surface area contributed by atoms with Gasteiger partial charge in [0.05, 0.1) is 0 Å². The smallest absolute Gasteiger partial charge is 0.264 e. The minimum Gasteiger partial charge on any atom is -0.264 e. The van der Waals surface area contributed by atoms with E-state index in [0.717, 1.165) is 0 Å². The quantitative estimate of drug-likeness (QED) is 0.552. The fourth-order valence-electron chi connectivity index (χ4n) is 0.315. The zero-order valence-electron chi connectivity index (χ0n) is 5.38. The zero-order chi connectivity index (χ0) is 9.99. The molecule has 0 aromatic rings. The fraction of sp³-hybridized carbons (Fsp3) is 1.00. The Morgan fingerprint density at radius 1 is 1.42 bits per heavy atom. The molecule has 1 atom stereocenters. The average molecular weight is 212 g/mol. The number of hydrogen-bond acceptors (Lipinski definition) is 3. The predicted molar refractivity (Wildman–Crippen MR) is 28.5 cm³/mol. The van der Waals surface area contributed by atoms with Crippen LogP contribution in [0.1, 0.15) is 0 Å². The highest BCUT2D eigenvalue weighted by Crippen LogP contribution is 2.24. The standard InChI is InChI=1S/C3H4F4O4S/c4-1-2(3(5,6)7)11-12(8,9)10/h2H,1H2,(H,8,9,10). The summed E-state index contributed by atoms with van der Waals surface area (Å²) in [5, 5.41) is 0. The minimum atomic E-state index is -5.28. The number of rotatable bonds is 3. The first-order valence-electron chi connectivity index (χ1n) is 2.45. The summed E-state index contributed by atoms with van der Waals surface area (Å²) in [6.07, 6.45) is -8.31. The van der Waals surface area contributed by atoms with E-state index in [9.17, 15) is 26.0 Å². The maximum atomic E-state index is 11.5. The molecule has 0 aliphatic rings. The molecule has 0 spiro atoms. The van der Waals surface area contributed by atoms with Gasteiger partial charge in [-0.25, -0.2) is 8.57 Å². The molecule has 0 fully saturated rings. The van der Waals surface area contributed by atoms with Gasteiger partial charge in [-0.15, -0.1) is 0 Å². The third-order valence-electron chi connectivity index (χ3n) is 0.743. The number of hydrogen-bond donors (Lipinski definition) is 1. The van der Waals surface area contributed by atoms with Gasteiger partial charge >= 0.3 is 16.6 Å². The molecule has 4 nitrogen and oxygen atoms in total. The van der Waals surface area contributed by atoms with Gasteiger partial charge in [-0.2, -0.15) is 21.6 Å². The number of alkyl halides is 4. The van der Waals surface area contributed by atoms with Gasteiger partial charge in [-0.1, -0.05) is 0 Å². The Labute approximate surface area is 65.1 Å². The van der Waals surface area contributed by atoms with Crippen molar-refractivity contribution in [1.29, 1.82) is 0 Å². The van der Waals surface area contributed by atoms with Gasteiger partial charge in [-0.05, 0) is 0 Å². The molecule has 74 valence electrons. The van der Waals surface area contributed by atoms with Gasteiger partial charge in [-0.3, -0.25) is 4.55 Å². The van der Waals surface area contributed by atoms with Crippen LogP contribution in [-0.4, -0.2) is 31.9 Å². The minimum absolute atomic E-state index is 2.08. The first kappa shape index (κ1) is 11.6. The van der Waals surface area contributed by atoms with E-state index in [1.807, 2.05) is 0 Å². The maximum Gasteiger partial charge on any atom is 0.418 e. The Hall–Kier alpha value is -0.410. The van der Waals surface area contributed by atoms with Crippen LogP contribution in [0, 0.1) is 0 Å². The molecule has 1 unspecified atom stereocenters. The molecule has 12 heavy (non-hydrogen) atoms. The van der Waals surface area contributed by atoms with Crippen molar-refractivity contribution in [3.63, 3.8) is 0 Å². The first-order valence-corrected chi connectivity index (χ1v) is 3.81. The third-order valence-corrected chi connectivity index (χ3v) is 1.22. The van der Waals surface area contributed by atoms with Crippen LogP contribution < -0.4 is 0 Å². The molecule has 0 aromatic heterocycles. The van der Waals surface area contributed by atoms with Crippen LogP contribution in [-0.2, 0) is 14.6 Å². The van der Waals surface area contributed by atoms with Crippen molar-refractivity contribution >= 4 is 10.4 Å². The van der Waals surface area contributed by atoms with Gasteiger partial charge < -0.3 is 0 Å². The third kappa shape index (κ3) is 4.46. The summed E-state index contributed by atoms with van der Waals surface area (Å²) in [5.41, 5.74) is 0. The van der Waals surface area contributed by atoms with E-state index in [0.29, 0.717) is 0 Å². The SMILES string of the molecule is O=S(=O)(O)OC(CF)C(F)(F)F. The maximum absolute atomic E-state index is 11.5. The van der Waals surface area contributed by atoms with Gasteiger partial charge in [0.1, 0.15) is 6.67 Å². The van der Waals surface area contributed by atoms with Crippen LogP contribution in [0.5, 0.6) is 0 Å². The molecule has 0 saturated carbocycles. The lowest BCUT2D eigenvalue weighted by molar-refractivity contribution is -0.199. The van der Waals surface area contributed by atoms with Crippen molar-refractivity contribution in [2.45, 2.75) is 12.3 Å². The second-order valence-corrected chi connectivity index (χ2v) is 2.76. The topological polar surface area (TPSA) is 63.6 Å². The lowest BCUT2D eigenvalue weighted by atomic mass is 10.4. The monoisotopic (exact) mass is 212 g/mol. The lowest BCUT2D eigenvalue weighted by Gasteiger charge is -2.14. The Kier molecular flexibility index (Phi) is 3.42. The molecule has 0 heterocycles.